The van der Waals surface area contributed by atoms with Gasteiger partial charge < -0.3 is 15.0 Å². The van der Waals surface area contributed by atoms with E-state index in [2.05, 4.69) is 89.9 Å². The summed E-state index contributed by atoms with van der Waals surface area (Å²) in [6.45, 7) is 7.42. The Bertz CT molecular complexity index is 921. The molecular weight excluding hydrogens is 368 g/mol. The highest BCUT2D eigenvalue weighted by molar-refractivity contribution is 5.86. The van der Waals surface area contributed by atoms with Crippen molar-refractivity contribution < 1.29 is 4.74 Å². The molecule has 0 spiro atoms. The zero-order chi connectivity index (χ0) is 20.8. The number of hydrogen-bond donors (Lipinski definition) is 1. The third-order valence-electron chi connectivity index (χ3n) is 6.63. The van der Waals surface area contributed by atoms with Crippen LogP contribution < -0.4 is 5.32 Å². The highest BCUT2D eigenvalue weighted by atomic mass is 16.5. The number of rotatable bonds is 8. The molecule has 3 nitrogen and oxygen atoms in total. The summed E-state index contributed by atoms with van der Waals surface area (Å²) < 4.78 is 5.33. The van der Waals surface area contributed by atoms with Crippen LogP contribution in [0.2, 0.25) is 0 Å². The summed E-state index contributed by atoms with van der Waals surface area (Å²) in [6, 6.07) is 26.7. The molecule has 1 fully saturated rings. The van der Waals surface area contributed by atoms with Crippen LogP contribution in [0.4, 0.5) is 0 Å². The van der Waals surface area contributed by atoms with Gasteiger partial charge >= 0.3 is 0 Å². The minimum atomic E-state index is 0.321. The minimum absolute atomic E-state index is 0.321. The molecule has 0 aromatic heterocycles. The summed E-state index contributed by atoms with van der Waals surface area (Å²) in [5.41, 5.74) is 2.87. The van der Waals surface area contributed by atoms with Crippen LogP contribution >= 0.6 is 0 Å². The normalized spacial score (nSPS) is 21.0. The maximum Gasteiger partial charge on any atom is 0.0589 e. The number of piperidine rings is 1. The maximum atomic E-state index is 5.33. The second kappa shape index (κ2) is 10.2. The first-order chi connectivity index (χ1) is 14.8. The number of ether oxygens (including phenoxy) is 1. The Labute approximate surface area is 181 Å². The quantitative estimate of drug-likeness (QED) is 0.557. The van der Waals surface area contributed by atoms with Crippen LogP contribution in [-0.4, -0.2) is 44.8 Å². The zero-order valence-corrected chi connectivity index (χ0v) is 18.3. The van der Waals surface area contributed by atoms with E-state index in [0.717, 1.165) is 32.8 Å². The fraction of sp³-hybridized carbons (Fsp3) is 0.407. The number of fused-ring (bicyclic) bond motifs is 1. The van der Waals surface area contributed by atoms with Crippen LogP contribution in [0, 0.1) is 5.92 Å². The third kappa shape index (κ3) is 4.92. The highest BCUT2D eigenvalue weighted by Gasteiger charge is 2.30. The molecule has 0 amide bonds. The Balaban J connectivity index is 1.48. The second-order valence-electron chi connectivity index (χ2n) is 8.56. The molecule has 3 aromatic carbocycles. The first kappa shape index (κ1) is 21.0. The third-order valence-corrected chi connectivity index (χ3v) is 6.63. The lowest BCUT2D eigenvalue weighted by molar-refractivity contribution is 0.103. The molecule has 0 saturated carbocycles. The summed E-state index contributed by atoms with van der Waals surface area (Å²) in [7, 11) is 1.79. The first-order valence-corrected chi connectivity index (χ1v) is 11.2. The van der Waals surface area contributed by atoms with Crippen molar-refractivity contribution in [2.45, 2.75) is 25.3 Å². The van der Waals surface area contributed by atoms with Gasteiger partial charge in [-0.1, -0.05) is 72.8 Å². The lowest BCUT2D eigenvalue weighted by atomic mass is 9.80. The van der Waals surface area contributed by atoms with Gasteiger partial charge in [-0.3, -0.25) is 0 Å². The Morgan fingerprint density at radius 1 is 1.00 bits per heavy atom. The average molecular weight is 403 g/mol. The number of hydrogen-bond acceptors (Lipinski definition) is 3. The van der Waals surface area contributed by atoms with Gasteiger partial charge in [-0.15, -0.1) is 0 Å². The van der Waals surface area contributed by atoms with E-state index in [4.69, 9.17) is 4.74 Å². The zero-order valence-electron chi connectivity index (χ0n) is 18.3. The predicted molar refractivity (Wildman–Crippen MR) is 126 cm³/mol. The number of nitrogens with one attached hydrogen (secondary N) is 1. The standard InChI is InChI=1S/C27H34N2O/c1-21(25-14-8-12-23-11-6-7-13-27(23)25)28-19-24-20-29(17-18-30-2)16-15-26(24)22-9-4-3-5-10-22/h3-14,21,24,26,28H,15-20H2,1-2H3/t21-,24?,26?/m1/s1. The van der Waals surface area contributed by atoms with Crippen LogP contribution in [-0.2, 0) is 4.74 Å². The monoisotopic (exact) mass is 402 g/mol. The van der Waals surface area contributed by atoms with Crippen molar-refractivity contribution in [3.63, 3.8) is 0 Å². The van der Waals surface area contributed by atoms with Crippen molar-refractivity contribution in [3.8, 4) is 0 Å². The highest BCUT2D eigenvalue weighted by Crippen LogP contribution is 2.33. The van der Waals surface area contributed by atoms with E-state index >= 15 is 0 Å². The van der Waals surface area contributed by atoms with Crippen LogP contribution in [0.1, 0.15) is 36.4 Å². The van der Waals surface area contributed by atoms with Gasteiger partial charge in [0, 0.05) is 32.8 Å². The molecule has 0 bridgehead atoms. The molecule has 0 radical (unpaired) electrons. The molecule has 1 N–H and O–H groups in total. The van der Waals surface area contributed by atoms with Crippen molar-refractivity contribution in [2.75, 3.05) is 39.9 Å². The van der Waals surface area contributed by atoms with E-state index in [0.29, 0.717) is 17.9 Å². The van der Waals surface area contributed by atoms with Crippen molar-refractivity contribution in [3.05, 3.63) is 83.9 Å². The lowest BCUT2D eigenvalue weighted by Gasteiger charge is -2.39. The maximum absolute atomic E-state index is 5.33. The van der Waals surface area contributed by atoms with E-state index in [1.807, 2.05) is 0 Å². The molecule has 4 rings (SSSR count). The Kier molecular flexibility index (Phi) is 7.16. The van der Waals surface area contributed by atoms with Gasteiger partial charge in [-0.25, -0.2) is 0 Å². The van der Waals surface area contributed by atoms with Gasteiger partial charge in [0.25, 0.3) is 0 Å². The molecule has 1 aliphatic rings. The fourth-order valence-electron chi connectivity index (χ4n) is 4.94. The van der Waals surface area contributed by atoms with Gasteiger partial charge in [0.15, 0.2) is 0 Å². The van der Waals surface area contributed by atoms with Crippen LogP contribution in [0.3, 0.4) is 0 Å². The van der Waals surface area contributed by atoms with Crippen molar-refractivity contribution in [2.24, 2.45) is 5.92 Å². The molecule has 2 unspecified atom stereocenters. The number of nitrogens with zero attached hydrogens (tertiary/aromatic N) is 1. The summed E-state index contributed by atoms with van der Waals surface area (Å²) in [5.74, 6) is 1.20. The topological polar surface area (TPSA) is 24.5 Å². The van der Waals surface area contributed by atoms with E-state index < -0.39 is 0 Å². The molecule has 3 aromatic rings. The van der Waals surface area contributed by atoms with Crippen LogP contribution in [0.15, 0.2) is 72.8 Å². The van der Waals surface area contributed by atoms with Gasteiger partial charge in [-0.2, -0.15) is 0 Å². The van der Waals surface area contributed by atoms with Gasteiger partial charge in [0.05, 0.1) is 6.61 Å². The van der Waals surface area contributed by atoms with Crippen LogP contribution in [0.5, 0.6) is 0 Å². The van der Waals surface area contributed by atoms with E-state index in [1.165, 1.54) is 28.3 Å². The molecule has 3 atom stereocenters. The second-order valence-corrected chi connectivity index (χ2v) is 8.56. The van der Waals surface area contributed by atoms with E-state index in [9.17, 15) is 0 Å². The number of methoxy groups -OCH3 is 1. The van der Waals surface area contributed by atoms with Crippen molar-refractivity contribution in [1.82, 2.24) is 10.2 Å². The molecule has 158 valence electrons. The average Bonchev–Trinajstić information content (AvgIpc) is 2.81. The molecule has 1 heterocycles. The Morgan fingerprint density at radius 2 is 1.77 bits per heavy atom. The smallest absolute Gasteiger partial charge is 0.0589 e. The Hall–Kier alpha value is -2.20. The molecule has 30 heavy (non-hydrogen) atoms. The van der Waals surface area contributed by atoms with Crippen LogP contribution in [0.25, 0.3) is 10.8 Å². The number of benzene rings is 3. The molecule has 0 aliphatic carbocycles. The summed E-state index contributed by atoms with van der Waals surface area (Å²) in [4.78, 5) is 2.57. The lowest BCUT2D eigenvalue weighted by Crippen LogP contribution is -2.45. The summed E-state index contributed by atoms with van der Waals surface area (Å²) >= 11 is 0. The van der Waals surface area contributed by atoms with Gasteiger partial charge in [0.2, 0.25) is 0 Å². The number of likely N-dealkylation sites (tertiary alicyclic amines) is 1. The molecule has 1 aliphatic heterocycles. The Morgan fingerprint density at radius 3 is 2.60 bits per heavy atom. The van der Waals surface area contributed by atoms with E-state index in [1.54, 1.807) is 7.11 Å². The summed E-state index contributed by atoms with van der Waals surface area (Å²) in [5, 5.41) is 6.55. The minimum Gasteiger partial charge on any atom is -0.383 e. The van der Waals surface area contributed by atoms with Gasteiger partial charge in [-0.05, 0) is 53.6 Å². The van der Waals surface area contributed by atoms with Gasteiger partial charge in [0.1, 0.15) is 0 Å². The molecule has 3 heteroatoms. The first-order valence-electron chi connectivity index (χ1n) is 11.2. The molecular formula is C27H34N2O. The largest absolute Gasteiger partial charge is 0.383 e. The SMILES string of the molecule is COCCN1CCC(c2ccccc2)C(CN[C@H](C)c2cccc3ccccc23)C1. The molecule has 1 saturated heterocycles. The summed E-state index contributed by atoms with van der Waals surface area (Å²) in [6.07, 6.45) is 1.21. The predicted octanol–water partition coefficient (Wildman–Crippen LogP) is 5.24. The van der Waals surface area contributed by atoms with E-state index in [-0.39, 0.29) is 0 Å². The van der Waals surface area contributed by atoms with Crippen molar-refractivity contribution >= 4 is 10.8 Å². The van der Waals surface area contributed by atoms with Crippen molar-refractivity contribution in [1.29, 1.82) is 0 Å². The fourth-order valence-corrected chi connectivity index (χ4v) is 4.94.